The Labute approximate surface area is 167 Å². The first-order chi connectivity index (χ1) is 14.0. The zero-order valence-electron chi connectivity index (χ0n) is 15.7. The van der Waals surface area contributed by atoms with Crippen LogP contribution in [0.4, 0.5) is 11.4 Å². The monoisotopic (exact) mass is 395 g/mol. The number of phenols is 1. The molecule has 29 heavy (non-hydrogen) atoms. The Morgan fingerprint density at radius 2 is 1.72 bits per heavy atom. The van der Waals surface area contributed by atoms with E-state index in [1.807, 2.05) is 6.07 Å². The van der Waals surface area contributed by atoms with E-state index < -0.39 is 5.97 Å². The number of benzene rings is 2. The normalized spacial score (nSPS) is 10.6. The molecule has 2 aromatic carbocycles. The summed E-state index contributed by atoms with van der Waals surface area (Å²) in [6.07, 6.45) is 2.70. The largest absolute Gasteiger partial charge is 0.506 e. The van der Waals surface area contributed by atoms with Gasteiger partial charge in [-0.1, -0.05) is 11.2 Å². The third-order valence-electron chi connectivity index (χ3n) is 4.13. The molecule has 0 atom stereocenters. The smallest absolute Gasteiger partial charge is 0.335 e. The van der Waals surface area contributed by atoms with Crippen molar-refractivity contribution in [3.05, 3.63) is 64.0 Å². The number of rotatable bonds is 11. The third kappa shape index (κ3) is 7.43. The second kappa shape index (κ2) is 11.2. The van der Waals surface area contributed by atoms with Crippen LogP contribution in [-0.4, -0.2) is 28.5 Å². The number of aryl methyl sites for hydroxylation is 1. The fourth-order valence-corrected chi connectivity index (χ4v) is 2.60. The number of Topliss-reactive ketones (excluding diaryl/α,β-unsaturated/α-hetero) is 1. The Morgan fingerprint density at radius 1 is 1.00 bits per heavy atom. The molecule has 0 heterocycles. The fraction of sp³-hybridized carbons (Fsp3) is 0.300. The maximum absolute atomic E-state index is 11.8. The second-order valence-corrected chi connectivity index (χ2v) is 6.33. The van der Waals surface area contributed by atoms with Crippen LogP contribution in [0.15, 0.2) is 57.8 Å². The number of carboxylic acid groups (broad SMARTS) is 1. The van der Waals surface area contributed by atoms with E-state index in [2.05, 4.69) is 20.3 Å². The van der Waals surface area contributed by atoms with E-state index in [-0.39, 0.29) is 17.1 Å². The summed E-state index contributed by atoms with van der Waals surface area (Å²) in [4.78, 5) is 25.2. The molecular formula is C20H21N5O4. The summed E-state index contributed by atoms with van der Waals surface area (Å²) in [7, 11) is 0. The van der Waals surface area contributed by atoms with Crippen LogP contribution in [0, 0.1) is 0 Å². The van der Waals surface area contributed by atoms with Gasteiger partial charge in [0.25, 0.3) is 0 Å². The molecule has 0 aliphatic rings. The van der Waals surface area contributed by atoms with Gasteiger partial charge < -0.3 is 10.2 Å². The lowest BCUT2D eigenvalue weighted by Gasteiger charge is -2.04. The molecule has 0 unspecified atom stereocenters. The number of hydrogen-bond acceptors (Lipinski definition) is 6. The molecule has 0 saturated carbocycles. The molecule has 2 aromatic rings. The average Bonchev–Trinajstić information content (AvgIpc) is 2.71. The fourth-order valence-electron chi connectivity index (χ4n) is 2.60. The van der Waals surface area contributed by atoms with Gasteiger partial charge in [-0.15, -0.1) is 5.11 Å². The molecule has 2 N–H and O–H groups in total. The quantitative estimate of drug-likeness (QED) is 0.224. The number of ketones is 1. The van der Waals surface area contributed by atoms with Gasteiger partial charge >= 0.3 is 5.97 Å². The van der Waals surface area contributed by atoms with Crippen molar-refractivity contribution >= 4 is 23.1 Å². The van der Waals surface area contributed by atoms with Crippen LogP contribution in [0.3, 0.4) is 0 Å². The average molecular weight is 395 g/mol. The molecule has 0 aliphatic carbocycles. The molecule has 2 rings (SSSR count). The number of carbonyl (C=O) groups excluding carboxylic acids is 1. The Bertz CT molecular complexity index is 934. The number of aromatic carboxylic acids is 1. The van der Waals surface area contributed by atoms with Crippen LogP contribution in [0.25, 0.3) is 10.4 Å². The SMILES string of the molecule is [N-]=[N+]=NCCCC(=O)CCCc1ccc(N=Nc2ccc(C(=O)O)cc2)c(O)c1. The topological polar surface area (TPSA) is 148 Å². The first-order valence-electron chi connectivity index (χ1n) is 9.09. The number of carboxylic acids is 1. The summed E-state index contributed by atoms with van der Waals surface area (Å²) < 4.78 is 0. The van der Waals surface area contributed by atoms with Crippen LogP contribution in [0.1, 0.15) is 41.6 Å². The minimum Gasteiger partial charge on any atom is -0.506 e. The van der Waals surface area contributed by atoms with Gasteiger partial charge in [0.2, 0.25) is 0 Å². The highest BCUT2D eigenvalue weighted by Gasteiger charge is 2.06. The van der Waals surface area contributed by atoms with Crippen LogP contribution in [0.2, 0.25) is 0 Å². The highest BCUT2D eigenvalue weighted by atomic mass is 16.4. The standard InChI is InChI=1S/C20H21N5O4/c21-25-22-12-2-5-17(26)4-1-3-14-6-11-18(19(27)13-14)24-23-16-9-7-15(8-10-16)20(28)29/h6-11,13,27H,1-5,12H2,(H,28,29). The van der Waals surface area contributed by atoms with Gasteiger partial charge in [-0.2, -0.15) is 5.11 Å². The van der Waals surface area contributed by atoms with E-state index in [1.165, 1.54) is 24.3 Å². The molecule has 0 aliphatic heterocycles. The molecule has 0 amide bonds. The molecular weight excluding hydrogens is 374 g/mol. The number of azo groups is 1. The molecule has 0 saturated heterocycles. The maximum Gasteiger partial charge on any atom is 0.335 e. The highest BCUT2D eigenvalue weighted by Crippen LogP contribution is 2.29. The minimum atomic E-state index is -1.02. The number of aromatic hydroxyl groups is 1. The molecule has 0 spiro atoms. The molecule has 9 heteroatoms. The van der Waals surface area contributed by atoms with Gasteiger partial charge in [-0.25, -0.2) is 4.79 Å². The van der Waals surface area contributed by atoms with Crippen molar-refractivity contribution in [2.75, 3.05) is 6.54 Å². The lowest BCUT2D eigenvalue weighted by Crippen LogP contribution is -1.99. The lowest BCUT2D eigenvalue weighted by atomic mass is 10.0. The number of hydrogen-bond donors (Lipinski definition) is 2. The highest BCUT2D eigenvalue weighted by molar-refractivity contribution is 5.87. The summed E-state index contributed by atoms with van der Waals surface area (Å²) in [5, 5.41) is 30.4. The van der Waals surface area contributed by atoms with Crippen LogP contribution >= 0.6 is 0 Å². The summed E-state index contributed by atoms with van der Waals surface area (Å²) in [5.41, 5.74) is 9.99. The predicted octanol–water partition coefficient (Wildman–Crippen LogP) is 5.49. The van der Waals surface area contributed by atoms with E-state index in [0.717, 1.165) is 5.56 Å². The van der Waals surface area contributed by atoms with E-state index in [4.69, 9.17) is 10.6 Å². The Morgan fingerprint density at radius 3 is 2.38 bits per heavy atom. The number of azide groups is 1. The minimum absolute atomic E-state index is 0.0194. The van der Waals surface area contributed by atoms with Crippen molar-refractivity contribution in [1.29, 1.82) is 0 Å². The molecule has 0 bridgehead atoms. The Kier molecular flexibility index (Phi) is 8.34. The summed E-state index contributed by atoms with van der Waals surface area (Å²) in [5.74, 6) is -0.910. The third-order valence-corrected chi connectivity index (χ3v) is 4.13. The zero-order valence-corrected chi connectivity index (χ0v) is 15.7. The number of nitrogens with zero attached hydrogens (tertiary/aromatic N) is 5. The number of carbonyl (C=O) groups is 2. The number of phenolic OH excluding ortho intramolecular Hbond substituents is 1. The molecule has 0 radical (unpaired) electrons. The van der Waals surface area contributed by atoms with Crippen molar-refractivity contribution < 1.29 is 19.8 Å². The van der Waals surface area contributed by atoms with Crippen LogP contribution in [0.5, 0.6) is 5.75 Å². The Hall–Kier alpha value is -3.71. The first-order valence-corrected chi connectivity index (χ1v) is 9.09. The second-order valence-electron chi connectivity index (χ2n) is 6.33. The van der Waals surface area contributed by atoms with Gasteiger partial charge in [-0.05, 0) is 66.8 Å². The van der Waals surface area contributed by atoms with E-state index in [0.29, 0.717) is 50.0 Å². The summed E-state index contributed by atoms with van der Waals surface area (Å²) >= 11 is 0. The van der Waals surface area contributed by atoms with Gasteiger partial charge in [0.15, 0.2) is 0 Å². The predicted molar refractivity (Wildman–Crippen MR) is 107 cm³/mol. The molecule has 9 nitrogen and oxygen atoms in total. The van der Waals surface area contributed by atoms with Crippen LogP contribution < -0.4 is 0 Å². The molecule has 150 valence electrons. The van der Waals surface area contributed by atoms with E-state index in [1.54, 1.807) is 12.1 Å². The van der Waals surface area contributed by atoms with Crippen molar-refractivity contribution in [2.45, 2.75) is 32.1 Å². The van der Waals surface area contributed by atoms with Crippen molar-refractivity contribution in [1.82, 2.24) is 0 Å². The van der Waals surface area contributed by atoms with Gasteiger partial charge in [0.1, 0.15) is 17.2 Å². The van der Waals surface area contributed by atoms with Crippen molar-refractivity contribution in [3.8, 4) is 5.75 Å². The van der Waals surface area contributed by atoms with Crippen LogP contribution in [-0.2, 0) is 11.2 Å². The van der Waals surface area contributed by atoms with E-state index in [9.17, 15) is 14.7 Å². The Balaban J connectivity index is 1.85. The lowest BCUT2D eigenvalue weighted by molar-refractivity contribution is -0.119. The van der Waals surface area contributed by atoms with Gasteiger partial charge in [-0.3, -0.25) is 4.79 Å². The zero-order chi connectivity index (χ0) is 21.1. The maximum atomic E-state index is 11.8. The first kappa shape index (κ1) is 21.6. The molecule has 0 fully saturated rings. The summed E-state index contributed by atoms with van der Waals surface area (Å²) in [6, 6.07) is 11.0. The van der Waals surface area contributed by atoms with E-state index >= 15 is 0 Å². The molecule has 0 aromatic heterocycles. The van der Waals surface area contributed by atoms with Crippen molar-refractivity contribution in [2.24, 2.45) is 15.3 Å². The summed E-state index contributed by atoms with van der Waals surface area (Å²) in [6.45, 7) is 0.329. The van der Waals surface area contributed by atoms with Gasteiger partial charge in [0, 0.05) is 24.3 Å². The van der Waals surface area contributed by atoms with Crippen molar-refractivity contribution in [3.63, 3.8) is 0 Å². The van der Waals surface area contributed by atoms with Gasteiger partial charge in [0.05, 0.1) is 11.3 Å².